The number of benzene rings is 2. The van der Waals surface area contributed by atoms with E-state index in [-0.39, 0.29) is 22.8 Å². The average Bonchev–Trinajstić information content (AvgIpc) is 2.68. The molecule has 0 unspecified atom stereocenters. The molecule has 7 nitrogen and oxygen atoms in total. The number of anilines is 2. The highest BCUT2D eigenvalue weighted by atomic mass is 19.4. The molecule has 1 aromatic heterocycles. The molecule has 1 heterocycles. The average molecular weight is 401 g/mol. The Morgan fingerprint density at radius 2 is 1.86 bits per heavy atom. The van der Waals surface area contributed by atoms with Gasteiger partial charge < -0.3 is 21.2 Å². The summed E-state index contributed by atoms with van der Waals surface area (Å²) in [5.74, 6) is -0.130. The van der Waals surface area contributed by atoms with Crippen LogP contribution >= 0.6 is 0 Å². The summed E-state index contributed by atoms with van der Waals surface area (Å²) >= 11 is 0. The Morgan fingerprint density at radius 3 is 2.52 bits per heavy atom. The lowest BCUT2D eigenvalue weighted by Crippen LogP contribution is -2.13. The van der Waals surface area contributed by atoms with Crippen LogP contribution in [-0.4, -0.2) is 22.1 Å². The van der Waals surface area contributed by atoms with Gasteiger partial charge in [0.25, 0.3) is 5.91 Å². The fraction of sp³-hybridized carbons (Fsp3) is 0.0526. The molecule has 0 aliphatic rings. The van der Waals surface area contributed by atoms with Gasteiger partial charge in [0.1, 0.15) is 17.9 Å². The van der Waals surface area contributed by atoms with Crippen LogP contribution in [0.4, 0.5) is 24.7 Å². The van der Waals surface area contributed by atoms with Gasteiger partial charge in [-0.05, 0) is 36.4 Å². The third-order valence-electron chi connectivity index (χ3n) is 3.80. The minimum absolute atomic E-state index is 0.0683. The molecule has 0 bridgehead atoms. The molecule has 1 amide bonds. The third kappa shape index (κ3) is 4.67. The third-order valence-corrected chi connectivity index (χ3v) is 3.80. The largest absolute Gasteiger partial charge is 0.438 e. The Bertz CT molecular complexity index is 1050. The fourth-order valence-electron chi connectivity index (χ4n) is 2.37. The van der Waals surface area contributed by atoms with Crippen LogP contribution in [0.15, 0.2) is 54.9 Å². The number of amides is 1. The first-order valence-corrected chi connectivity index (χ1v) is 8.15. The highest BCUT2D eigenvalue weighted by Gasteiger charge is 2.30. The Labute approximate surface area is 162 Å². The molecular formula is C19H14F3N5O2. The molecule has 0 atom stereocenters. The fourth-order valence-corrected chi connectivity index (χ4v) is 2.37. The zero-order chi connectivity index (χ0) is 21.0. The molecule has 2 aromatic carbocycles. The highest BCUT2D eigenvalue weighted by Crippen LogP contribution is 2.29. The minimum atomic E-state index is -4.47. The van der Waals surface area contributed by atoms with Gasteiger partial charge in [0, 0.05) is 23.5 Å². The maximum Gasteiger partial charge on any atom is 0.416 e. The maximum atomic E-state index is 12.6. The van der Waals surface area contributed by atoms with Crippen LogP contribution < -0.4 is 15.8 Å². The second-order valence-corrected chi connectivity index (χ2v) is 5.78. The Balaban J connectivity index is 1.75. The van der Waals surface area contributed by atoms with Crippen molar-refractivity contribution < 1.29 is 22.7 Å². The SMILES string of the molecule is N=Cc1c(N)ncnc1Oc1cccc(NC(=O)c2ccc(C(F)(F)F)cc2)c1. The van der Waals surface area contributed by atoms with Crippen molar-refractivity contribution in [2.75, 3.05) is 11.1 Å². The van der Waals surface area contributed by atoms with Crippen LogP contribution in [-0.2, 0) is 6.18 Å². The number of nitrogens with two attached hydrogens (primary N) is 1. The Morgan fingerprint density at radius 1 is 1.14 bits per heavy atom. The zero-order valence-corrected chi connectivity index (χ0v) is 14.7. The second kappa shape index (κ2) is 7.97. The zero-order valence-electron chi connectivity index (χ0n) is 14.7. The highest BCUT2D eigenvalue weighted by molar-refractivity contribution is 6.04. The number of rotatable bonds is 5. The van der Waals surface area contributed by atoms with Gasteiger partial charge in [-0.2, -0.15) is 13.2 Å². The second-order valence-electron chi connectivity index (χ2n) is 5.78. The van der Waals surface area contributed by atoms with Crippen molar-refractivity contribution in [1.29, 1.82) is 5.41 Å². The predicted molar refractivity (Wildman–Crippen MR) is 100 cm³/mol. The van der Waals surface area contributed by atoms with Gasteiger partial charge in [0.2, 0.25) is 5.88 Å². The van der Waals surface area contributed by atoms with Gasteiger partial charge in [-0.25, -0.2) is 9.97 Å². The van der Waals surface area contributed by atoms with E-state index in [0.29, 0.717) is 11.4 Å². The van der Waals surface area contributed by atoms with Gasteiger partial charge in [0.15, 0.2) is 0 Å². The number of nitrogens with one attached hydrogen (secondary N) is 2. The monoisotopic (exact) mass is 401 g/mol. The Hall–Kier alpha value is -3.95. The van der Waals surface area contributed by atoms with E-state index >= 15 is 0 Å². The molecule has 0 radical (unpaired) electrons. The van der Waals surface area contributed by atoms with Gasteiger partial charge in [-0.1, -0.05) is 6.07 Å². The minimum Gasteiger partial charge on any atom is -0.438 e. The number of ether oxygens (including phenoxy) is 1. The molecule has 0 fully saturated rings. The van der Waals surface area contributed by atoms with Gasteiger partial charge in [-0.3, -0.25) is 4.79 Å². The summed E-state index contributed by atoms with van der Waals surface area (Å²) in [7, 11) is 0. The molecule has 0 saturated heterocycles. The van der Waals surface area contributed by atoms with E-state index in [1.54, 1.807) is 18.2 Å². The number of halogens is 3. The molecule has 0 saturated carbocycles. The molecule has 0 spiro atoms. The van der Waals surface area contributed by atoms with Gasteiger partial charge >= 0.3 is 6.18 Å². The molecule has 3 aromatic rings. The van der Waals surface area contributed by atoms with E-state index in [4.69, 9.17) is 15.9 Å². The number of nitrogen functional groups attached to an aromatic ring is 1. The first kappa shape index (κ1) is 19.8. The molecule has 10 heteroatoms. The molecule has 29 heavy (non-hydrogen) atoms. The van der Waals surface area contributed by atoms with Crippen molar-refractivity contribution in [3.63, 3.8) is 0 Å². The smallest absolute Gasteiger partial charge is 0.416 e. The van der Waals surface area contributed by atoms with Crippen molar-refractivity contribution in [2.24, 2.45) is 0 Å². The summed E-state index contributed by atoms with van der Waals surface area (Å²) in [6, 6.07) is 10.2. The summed E-state index contributed by atoms with van der Waals surface area (Å²) in [5, 5.41) is 9.96. The first-order valence-electron chi connectivity index (χ1n) is 8.15. The van der Waals surface area contributed by atoms with Gasteiger partial charge in [-0.15, -0.1) is 0 Å². The van der Waals surface area contributed by atoms with E-state index in [1.807, 2.05) is 0 Å². The summed E-state index contributed by atoms with van der Waals surface area (Å²) in [5.41, 5.74) is 5.46. The van der Waals surface area contributed by atoms with E-state index in [2.05, 4.69) is 15.3 Å². The van der Waals surface area contributed by atoms with Crippen LogP contribution in [0.25, 0.3) is 0 Å². The molecular weight excluding hydrogens is 387 g/mol. The van der Waals surface area contributed by atoms with Crippen LogP contribution in [0.5, 0.6) is 11.6 Å². The number of alkyl halides is 3. The van der Waals surface area contributed by atoms with E-state index < -0.39 is 17.6 Å². The molecule has 3 rings (SSSR count). The molecule has 148 valence electrons. The van der Waals surface area contributed by atoms with E-state index in [0.717, 1.165) is 30.5 Å². The lowest BCUT2D eigenvalue weighted by atomic mass is 10.1. The normalized spacial score (nSPS) is 11.0. The van der Waals surface area contributed by atoms with Gasteiger partial charge in [0.05, 0.1) is 11.1 Å². The standard InChI is InChI=1S/C19H14F3N5O2/c20-19(21,22)12-6-4-11(5-7-12)17(28)27-13-2-1-3-14(8-13)29-18-15(9-23)16(24)25-10-26-18/h1-10,23H,(H,27,28)(H2,24,25,26). The molecule has 0 aliphatic heterocycles. The number of carbonyl (C=O) groups is 1. The summed E-state index contributed by atoms with van der Waals surface area (Å²) in [6.07, 6.45) is -2.32. The molecule has 0 aliphatic carbocycles. The lowest BCUT2D eigenvalue weighted by molar-refractivity contribution is -0.137. The topological polar surface area (TPSA) is 114 Å². The predicted octanol–water partition coefficient (Wildman–Crippen LogP) is 4.12. The van der Waals surface area contributed by atoms with Crippen molar-refractivity contribution in [3.05, 3.63) is 71.5 Å². The Kier molecular flexibility index (Phi) is 5.44. The van der Waals surface area contributed by atoms with Crippen LogP contribution in [0.1, 0.15) is 21.5 Å². The number of carbonyl (C=O) groups excluding carboxylic acids is 1. The summed E-state index contributed by atoms with van der Waals surface area (Å²) < 4.78 is 43.5. The molecule has 4 N–H and O–H groups in total. The lowest BCUT2D eigenvalue weighted by Gasteiger charge is -2.11. The maximum absolute atomic E-state index is 12.6. The van der Waals surface area contributed by atoms with Crippen molar-refractivity contribution in [1.82, 2.24) is 9.97 Å². The van der Waals surface area contributed by atoms with E-state index in [9.17, 15) is 18.0 Å². The van der Waals surface area contributed by atoms with Crippen LogP contribution in [0, 0.1) is 5.41 Å². The van der Waals surface area contributed by atoms with E-state index in [1.165, 1.54) is 12.4 Å². The quantitative estimate of drug-likeness (QED) is 0.557. The van der Waals surface area contributed by atoms with Crippen molar-refractivity contribution in [2.45, 2.75) is 6.18 Å². The number of hydrogen-bond acceptors (Lipinski definition) is 6. The first-order chi connectivity index (χ1) is 13.8. The van der Waals surface area contributed by atoms with Crippen LogP contribution in [0.2, 0.25) is 0 Å². The summed E-state index contributed by atoms with van der Waals surface area (Å²) in [6.45, 7) is 0. The van der Waals surface area contributed by atoms with Crippen LogP contribution in [0.3, 0.4) is 0 Å². The summed E-state index contributed by atoms with van der Waals surface area (Å²) in [4.78, 5) is 20.0. The van der Waals surface area contributed by atoms with Crippen molar-refractivity contribution >= 4 is 23.6 Å². The number of nitrogens with zero attached hydrogens (tertiary/aromatic N) is 2. The number of hydrogen-bond donors (Lipinski definition) is 3. The number of aromatic nitrogens is 2. The van der Waals surface area contributed by atoms with Crippen molar-refractivity contribution in [3.8, 4) is 11.6 Å².